The van der Waals surface area contributed by atoms with Gasteiger partial charge >= 0.3 is 5.97 Å². The minimum atomic E-state index is -0.410. The number of nitrogens with zero attached hydrogens (tertiary/aromatic N) is 3. The molecule has 0 atom stereocenters. The molecule has 0 bridgehead atoms. The predicted octanol–water partition coefficient (Wildman–Crippen LogP) is 3.93. The van der Waals surface area contributed by atoms with Gasteiger partial charge in [0.15, 0.2) is 0 Å². The maximum atomic E-state index is 11.7. The maximum Gasteiger partial charge on any atom is 0.337 e. The summed E-state index contributed by atoms with van der Waals surface area (Å²) < 4.78 is 4.73. The van der Waals surface area contributed by atoms with Crippen molar-refractivity contribution in [2.45, 2.75) is 6.92 Å². The Balaban J connectivity index is 1.81. The molecule has 3 rings (SSSR count). The highest BCUT2D eigenvalue weighted by atomic mass is 16.5. The SMILES string of the molecule is COC(=O)c1cccc(Nc2nc(C)cc(Nc3ccc(C#N)cc3)n2)c1. The van der Waals surface area contributed by atoms with Crippen LogP contribution in [0.4, 0.5) is 23.1 Å². The molecule has 0 fully saturated rings. The van der Waals surface area contributed by atoms with Gasteiger partial charge in [-0.2, -0.15) is 10.2 Å². The highest BCUT2D eigenvalue weighted by Gasteiger charge is 2.08. The van der Waals surface area contributed by atoms with Crippen LogP contribution in [0.5, 0.6) is 0 Å². The molecule has 7 heteroatoms. The van der Waals surface area contributed by atoms with Crippen LogP contribution in [0.1, 0.15) is 21.6 Å². The second kappa shape index (κ2) is 7.97. The van der Waals surface area contributed by atoms with Crippen LogP contribution in [0.2, 0.25) is 0 Å². The first-order chi connectivity index (χ1) is 13.1. The summed E-state index contributed by atoms with van der Waals surface area (Å²) in [6.07, 6.45) is 0. The first kappa shape index (κ1) is 17.9. The number of hydrogen-bond acceptors (Lipinski definition) is 7. The van der Waals surface area contributed by atoms with Crippen LogP contribution in [0, 0.1) is 18.3 Å². The summed E-state index contributed by atoms with van der Waals surface area (Å²) in [7, 11) is 1.34. The fourth-order valence-electron chi connectivity index (χ4n) is 2.44. The number of aryl methyl sites for hydroxylation is 1. The van der Waals surface area contributed by atoms with E-state index in [4.69, 9.17) is 10.00 Å². The Kier molecular flexibility index (Phi) is 5.28. The van der Waals surface area contributed by atoms with E-state index in [0.29, 0.717) is 28.6 Å². The summed E-state index contributed by atoms with van der Waals surface area (Å²) in [5.41, 5.74) is 3.28. The van der Waals surface area contributed by atoms with E-state index in [1.54, 1.807) is 30.3 Å². The summed E-state index contributed by atoms with van der Waals surface area (Å²) in [4.78, 5) is 20.5. The standard InChI is InChI=1S/C20H17N5O2/c1-13-10-18(23-16-8-6-14(12-21)7-9-16)25-20(22-13)24-17-5-3-4-15(11-17)19(26)27-2/h3-11H,1-2H3,(H2,22,23,24,25). The van der Waals surface area contributed by atoms with Gasteiger partial charge in [0.1, 0.15) is 5.82 Å². The van der Waals surface area contributed by atoms with Gasteiger partial charge in [0.25, 0.3) is 0 Å². The van der Waals surface area contributed by atoms with Crippen LogP contribution < -0.4 is 10.6 Å². The number of methoxy groups -OCH3 is 1. The number of hydrogen-bond donors (Lipinski definition) is 2. The summed E-state index contributed by atoms with van der Waals surface area (Å²) >= 11 is 0. The number of ether oxygens (including phenoxy) is 1. The van der Waals surface area contributed by atoms with E-state index in [1.165, 1.54) is 7.11 Å². The average molecular weight is 359 g/mol. The zero-order chi connectivity index (χ0) is 19.2. The van der Waals surface area contributed by atoms with E-state index >= 15 is 0 Å². The largest absolute Gasteiger partial charge is 0.465 e. The minimum absolute atomic E-state index is 0.396. The first-order valence-electron chi connectivity index (χ1n) is 8.15. The van der Waals surface area contributed by atoms with Crippen molar-refractivity contribution >= 4 is 29.1 Å². The topological polar surface area (TPSA) is 99.9 Å². The Bertz CT molecular complexity index is 1010. The molecule has 0 radical (unpaired) electrons. The molecule has 0 aliphatic rings. The second-order valence-electron chi connectivity index (χ2n) is 5.73. The van der Waals surface area contributed by atoms with E-state index in [0.717, 1.165) is 11.4 Å². The van der Waals surface area contributed by atoms with Gasteiger partial charge in [-0.1, -0.05) is 6.07 Å². The minimum Gasteiger partial charge on any atom is -0.465 e. The van der Waals surface area contributed by atoms with Gasteiger partial charge in [-0.05, 0) is 49.4 Å². The Labute approximate surface area is 156 Å². The molecule has 7 nitrogen and oxygen atoms in total. The number of rotatable bonds is 5. The molecule has 1 aromatic heterocycles. The Morgan fingerprint density at radius 2 is 1.81 bits per heavy atom. The lowest BCUT2D eigenvalue weighted by Crippen LogP contribution is -2.04. The molecule has 0 saturated heterocycles. The van der Waals surface area contributed by atoms with Crippen LogP contribution >= 0.6 is 0 Å². The maximum absolute atomic E-state index is 11.7. The Hall–Kier alpha value is -3.92. The third kappa shape index (κ3) is 4.58. The zero-order valence-electron chi connectivity index (χ0n) is 14.9. The lowest BCUT2D eigenvalue weighted by molar-refractivity contribution is 0.0601. The molecule has 0 amide bonds. The van der Waals surface area contributed by atoms with Crippen LogP contribution in [-0.2, 0) is 4.74 Å². The van der Waals surface area contributed by atoms with E-state index < -0.39 is 5.97 Å². The number of esters is 1. The van der Waals surface area contributed by atoms with Crippen LogP contribution in [0.25, 0.3) is 0 Å². The highest BCUT2D eigenvalue weighted by molar-refractivity contribution is 5.90. The van der Waals surface area contributed by atoms with Gasteiger partial charge in [-0.25, -0.2) is 9.78 Å². The lowest BCUT2D eigenvalue weighted by atomic mass is 10.2. The van der Waals surface area contributed by atoms with Crippen molar-refractivity contribution < 1.29 is 9.53 Å². The molecular formula is C20H17N5O2. The summed E-state index contributed by atoms with van der Waals surface area (Å²) in [6.45, 7) is 1.86. The van der Waals surface area contributed by atoms with Crippen molar-refractivity contribution in [3.05, 3.63) is 71.4 Å². The molecule has 0 spiro atoms. The molecule has 134 valence electrons. The number of anilines is 4. The van der Waals surface area contributed by atoms with Crippen LogP contribution in [0.3, 0.4) is 0 Å². The molecule has 3 aromatic rings. The van der Waals surface area contributed by atoms with Gasteiger partial charge < -0.3 is 15.4 Å². The Morgan fingerprint density at radius 1 is 1.04 bits per heavy atom. The number of carbonyl (C=O) groups is 1. The molecule has 1 heterocycles. The quantitative estimate of drug-likeness (QED) is 0.666. The average Bonchev–Trinajstić information content (AvgIpc) is 2.67. The summed E-state index contributed by atoms with van der Waals surface area (Å²) in [5, 5.41) is 15.2. The van der Waals surface area contributed by atoms with Gasteiger partial charge in [-0.15, -0.1) is 0 Å². The van der Waals surface area contributed by atoms with Gasteiger partial charge in [-0.3, -0.25) is 0 Å². The third-order valence-corrected chi connectivity index (χ3v) is 3.68. The summed E-state index contributed by atoms with van der Waals surface area (Å²) in [6, 6.07) is 17.9. The van der Waals surface area contributed by atoms with Crippen molar-refractivity contribution in [1.82, 2.24) is 9.97 Å². The number of nitrogens with one attached hydrogen (secondary N) is 2. The molecule has 27 heavy (non-hydrogen) atoms. The smallest absolute Gasteiger partial charge is 0.337 e. The summed E-state index contributed by atoms with van der Waals surface area (Å²) in [5.74, 6) is 0.596. The van der Waals surface area contributed by atoms with Gasteiger partial charge in [0, 0.05) is 23.1 Å². The van der Waals surface area contributed by atoms with E-state index in [9.17, 15) is 4.79 Å². The zero-order valence-corrected chi connectivity index (χ0v) is 14.9. The molecule has 2 aromatic carbocycles. The number of carbonyl (C=O) groups excluding carboxylic acids is 1. The van der Waals surface area contributed by atoms with E-state index in [1.807, 2.05) is 31.2 Å². The monoisotopic (exact) mass is 359 g/mol. The van der Waals surface area contributed by atoms with Crippen molar-refractivity contribution in [1.29, 1.82) is 5.26 Å². The van der Waals surface area contributed by atoms with E-state index in [2.05, 4.69) is 26.7 Å². The van der Waals surface area contributed by atoms with Crippen molar-refractivity contribution in [3.63, 3.8) is 0 Å². The van der Waals surface area contributed by atoms with Crippen LogP contribution in [-0.4, -0.2) is 23.0 Å². The normalized spacial score (nSPS) is 9.96. The van der Waals surface area contributed by atoms with E-state index in [-0.39, 0.29) is 0 Å². The number of nitriles is 1. The molecular weight excluding hydrogens is 342 g/mol. The molecule has 0 aliphatic carbocycles. The Morgan fingerprint density at radius 3 is 2.52 bits per heavy atom. The number of aromatic nitrogens is 2. The molecule has 2 N–H and O–H groups in total. The van der Waals surface area contributed by atoms with Crippen molar-refractivity contribution in [2.75, 3.05) is 17.7 Å². The van der Waals surface area contributed by atoms with Crippen molar-refractivity contribution in [2.24, 2.45) is 0 Å². The molecule has 0 saturated carbocycles. The lowest BCUT2D eigenvalue weighted by Gasteiger charge is -2.10. The predicted molar refractivity (Wildman–Crippen MR) is 102 cm³/mol. The van der Waals surface area contributed by atoms with Gasteiger partial charge in [0.05, 0.1) is 24.3 Å². The van der Waals surface area contributed by atoms with Crippen molar-refractivity contribution in [3.8, 4) is 6.07 Å². The second-order valence-corrected chi connectivity index (χ2v) is 5.73. The van der Waals surface area contributed by atoms with Crippen LogP contribution in [0.15, 0.2) is 54.6 Å². The third-order valence-electron chi connectivity index (χ3n) is 3.68. The fourth-order valence-corrected chi connectivity index (χ4v) is 2.44. The van der Waals surface area contributed by atoms with Gasteiger partial charge in [0.2, 0.25) is 5.95 Å². The molecule has 0 unspecified atom stereocenters. The first-order valence-corrected chi connectivity index (χ1v) is 8.15. The number of benzene rings is 2. The highest BCUT2D eigenvalue weighted by Crippen LogP contribution is 2.20. The fraction of sp³-hybridized carbons (Fsp3) is 0.100. The molecule has 0 aliphatic heterocycles.